The molecule has 11 heteroatoms. The molecule has 1 saturated heterocycles. The lowest BCUT2D eigenvalue weighted by Gasteiger charge is -2.31. The van der Waals surface area contributed by atoms with Crippen LogP contribution in [0.1, 0.15) is 18.4 Å². The van der Waals surface area contributed by atoms with Gasteiger partial charge in [0.1, 0.15) is 35.2 Å². The molecule has 5 aromatic rings. The van der Waals surface area contributed by atoms with Gasteiger partial charge in [-0.2, -0.15) is 5.10 Å². The molecule has 5 heterocycles. The lowest BCUT2D eigenvalue weighted by molar-refractivity contribution is 0.0803. The molecule has 0 unspecified atom stereocenters. The fourth-order valence-corrected chi connectivity index (χ4v) is 4.26. The monoisotopic (exact) mass is 483 g/mol. The molecule has 11 nitrogen and oxygen atoms in total. The van der Waals surface area contributed by atoms with Gasteiger partial charge >= 0.3 is 0 Å². The van der Waals surface area contributed by atoms with Crippen molar-refractivity contribution in [3.05, 3.63) is 60.9 Å². The third-order valence-corrected chi connectivity index (χ3v) is 6.28. The van der Waals surface area contributed by atoms with E-state index in [-0.39, 0.29) is 6.04 Å². The fraction of sp³-hybridized carbons (Fsp3) is 0.280. The third-order valence-electron chi connectivity index (χ3n) is 6.28. The molecular formula is C25H25N9O2. The summed E-state index contributed by atoms with van der Waals surface area (Å²) in [6.45, 7) is 3.48. The van der Waals surface area contributed by atoms with E-state index in [0.717, 1.165) is 42.1 Å². The Morgan fingerprint density at radius 1 is 1.11 bits per heavy atom. The normalized spacial score (nSPS) is 15.8. The van der Waals surface area contributed by atoms with Crippen LogP contribution in [0, 0.1) is 6.92 Å². The number of nitrogens with one attached hydrogen (secondary N) is 1. The van der Waals surface area contributed by atoms with Crippen LogP contribution < -0.4 is 15.0 Å². The minimum Gasteiger partial charge on any atom is -0.457 e. The summed E-state index contributed by atoms with van der Waals surface area (Å²) in [6.07, 6.45) is 8.66. The summed E-state index contributed by atoms with van der Waals surface area (Å²) >= 11 is 0. The molecular weight excluding hydrogens is 458 g/mol. The van der Waals surface area contributed by atoms with Crippen LogP contribution in [0.3, 0.4) is 0 Å². The van der Waals surface area contributed by atoms with E-state index in [1.54, 1.807) is 10.7 Å². The second-order valence-corrected chi connectivity index (χ2v) is 8.74. The highest BCUT2D eigenvalue weighted by Gasteiger charge is 2.21. The van der Waals surface area contributed by atoms with Crippen LogP contribution in [0.5, 0.6) is 11.5 Å². The fourth-order valence-electron chi connectivity index (χ4n) is 4.26. The van der Waals surface area contributed by atoms with Gasteiger partial charge in [0.2, 0.25) is 5.95 Å². The zero-order valence-electron chi connectivity index (χ0n) is 20.0. The van der Waals surface area contributed by atoms with E-state index in [1.165, 1.54) is 12.7 Å². The number of ether oxygens (including phenoxy) is 2. The number of fused-ring (bicyclic) bond motifs is 2. The smallest absolute Gasteiger partial charge is 0.226 e. The van der Waals surface area contributed by atoms with Gasteiger partial charge in [-0.05, 0) is 49.6 Å². The molecule has 36 heavy (non-hydrogen) atoms. The number of nitrogens with zero attached hydrogens (tertiary/aromatic N) is 8. The summed E-state index contributed by atoms with van der Waals surface area (Å²) in [6, 6.07) is 9.82. The average Bonchev–Trinajstić information content (AvgIpc) is 3.38. The zero-order valence-corrected chi connectivity index (χ0v) is 20.0. The standard InChI is InChI=1S/C25H25N9O2/c1-16-10-17(5-6-21(16)36-19-7-8-34-22(11-19)28-15-30-34)31-24-23-20(27-14-29-24)12-26-25(32-23)33(2)18-4-3-9-35-13-18/h5-8,10-12,14-15,18H,3-4,9,13H2,1-2H3,(H,27,29,31)/t18-/m1/s1. The Kier molecular flexibility index (Phi) is 5.74. The molecule has 4 aromatic heterocycles. The Labute approximate surface area is 207 Å². The van der Waals surface area contributed by atoms with Gasteiger partial charge in [0.05, 0.1) is 18.8 Å². The van der Waals surface area contributed by atoms with Crippen LogP contribution in [-0.4, -0.2) is 60.8 Å². The van der Waals surface area contributed by atoms with Gasteiger partial charge < -0.3 is 19.7 Å². The molecule has 1 aliphatic heterocycles. The minimum atomic E-state index is 0.248. The quantitative estimate of drug-likeness (QED) is 0.381. The number of anilines is 3. The molecule has 1 aliphatic rings. The Hall–Kier alpha value is -4.38. The number of rotatable bonds is 6. The lowest BCUT2D eigenvalue weighted by Crippen LogP contribution is -2.39. The molecule has 1 aromatic carbocycles. The molecule has 1 fully saturated rings. The summed E-state index contributed by atoms with van der Waals surface area (Å²) in [5.41, 5.74) is 3.88. The largest absolute Gasteiger partial charge is 0.457 e. The van der Waals surface area contributed by atoms with Crippen molar-refractivity contribution in [2.75, 3.05) is 30.5 Å². The summed E-state index contributed by atoms with van der Waals surface area (Å²) < 4.78 is 13.4. The van der Waals surface area contributed by atoms with Gasteiger partial charge in [-0.15, -0.1) is 0 Å². The summed E-state index contributed by atoms with van der Waals surface area (Å²) in [5.74, 6) is 2.68. The molecule has 0 spiro atoms. The number of benzene rings is 1. The van der Waals surface area contributed by atoms with Crippen LogP contribution in [0.4, 0.5) is 17.5 Å². The van der Waals surface area contributed by atoms with Crippen molar-refractivity contribution in [3.63, 3.8) is 0 Å². The average molecular weight is 484 g/mol. The predicted molar refractivity (Wildman–Crippen MR) is 135 cm³/mol. The first-order valence-corrected chi connectivity index (χ1v) is 11.8. The summed E-state index contributed by atoms with van der Waals surface area (Å²) in [7, 11) is 2.00. The highest BCUT2D eigenvalue weighted by Crippen LogP contribution is 2.30. The lowest BCUT2D eigenvalue weighted by atomic mass is 10.1. The molecule has 0 aliphatic carbocycles. The molecule has 0 radical (unpaired) electrons. The Balaban J connectivity index is 1.24. The number of hydrogen-bond donors (Lipinski definition) is 1. The van der Waals surface area contributed by atoms with Gasteiger partial charge in [-0.1, -0.05) is 0 Å². The number of aromatic nitrogens is 7. The third kappa shape index (κ3) is 4.36. The van der Waals surface area contributed by atoms with Crippen LogP contribution in [0.25, 0.3) is 16.7 Å². The first-order valence-electron chi connectivity index (χ1n) is 11.8. The molecule has 1 N–H and O–H groups in total. The molecule has 1 atom stereocenters. The van der Waals surface area contributed by atoms with E-state index in [4.69, 9.17) is 14.5 Å². The van der Waals surface area contributed by atoms with Crippen molar-refractivity contribution in [3.8, 4) is 11.5 Å². The molecule has 6 rings (SSSR count). The topological polar surface area (TPSA) is 115 Å². The second-order valence-electron chi connectivity index (χ2n) is 8.74. The highest BCUT2D eigenvalue weighted by atomic mass is 16.5. The van der Waals surface area contributed by atoms with Crippen molar-refractivity contribution >= 4 is 34.1 Å². The van der Waals surface area contributed by atoms with E-state index in [0.29, 0.717) is 35.2 Å². The van der Waals surface area contributed by atoms with E-state index in [9.17, 15) is 0 Å². The molecule has 0 bridgehead atoms. The molecule has 182 valence electrons. The molecule has 0 saturated carbocycles. The number of likely N-dealkylation sites (N-methyl/N-ethyl adjacent to an activating group) is 1. The van der Waals surface area contributed by atoms with Crippen molar-refractivity contribution in [1.82, 2.24) is 34.5 Å². The number of hydrogen-bond acceptors (Lipinski definition) is 10. The van der Waals surface area contributed by atoms with Crippen LogP contribution in [0.2, 0.25) is 0 Å². The SMILES string of the molecule is Cc1cc(Nc2ncnc3cnc(N(C)[C@@H]4CCCOC4)nc23)ccc1Oc1ccn2ncnc2c1. The first-order chi connectivity index (χ1) is 17.6. The van der Waals surface area contributed by atoms with Gasteiger partial charge in [-0.25, -0.2) is 29.4 Å². The van der Waals surface area contributed by atoms with Crippen molar-refractivity contribution in [2.45, 2.75) is 25.8 Å². The van der Waals surface area contributed by atoms with Crippen LogP contribution in [0.15, 0.2) is 55.4 Å². The van der Waals surface area contributed by atoms with Crippen molar-refractivity contribution in [2.24, 2.45) is 0 Å². The van der Waals surface area contributed by atoms with Gasteiger partial charge in [0.25, 0.3) is 0 Å². The summed E-state index contributed by atoms with van der Waals surface area (Å²) in [5, 5.41) is 7.49. The van der Waals surface area contributed by atoms with E-state index in [2.05, 4.69) is 35.3 Å². The maximum absolute atomic E-state index is 6.09. The van der Waals surface area contributed by atoms with E-state index in [1.807, 2.05) is 50.5 Å². The van der Waals surface area contributed by atoms with Crippen LogP contribution >= 0.6 is 0 Å². The number of aryl methyl sites for hydroxylation is 1. The predicted octanol–water partition coefficient (Wildman–Crippen LogP) is 3.92. The first kappa shape index (κ1) is 22.1. The zero-order chi connectivity index (χ0) is 24.5. The highest BCUT2D eigenvalue weighted by molar-refractivity contribution is 5.87. The van der Waals surface area contributed by atoms with Crippen molar-refractivity contribution < 1.29 is 9.47 Å². The van der Waals surface area contributed by atoms with E-state index < -0.39 is 0 Å². The maximum Gasteiger partial charge on any atom is 0.226 e. The second kappa shape index (κ2) is 9.34. The van der Waals surface area contributed by atoms with Gasteiger partial charge in [-0.3, -0.25) is 0 Å². The minimum absolute atomic E-state index is 0.248. The Morgan fingerprint density at radius 3 is 2.92 bits per heavy atom. The maximum atomic E-state index is 6.09. The Bertz CT molecular complexity index is 1530. The van der Waals surface area contributed by atoms with E-state index >= 15 is 0 Å². The summed E-state index contributed by atoms with van der Waals surface area (Å²) in [4.78, 5) is 24.4. The van der Waals surface area contributed by atoms with Crippen molar-refractivity contribution in [1.29, 1.82) is 0 Å². The Morgan fingerprint density at radius 2 is 2.06 bits per heavy atom. The van der Waals surface area contributed by atoms with Gasteiger partial charge in [0.15, 0.2) is 11.5 Å². The van der Waals surface area contributed by atoms with Gasteiger partial charge in [0, 0.05) is 31.6 Å². The number of pyridine rings is 1. The molecule has 0 amide bonds. The van der Waals surface area contributed by atoms with Crippen LogP contribution in [-0.2, 0) is 4.74 Å².